The largest absolute Gasteiger partial charge is 0.252 e. The van der Waals surface area contributed by atoms with Gasteiger partial charge in [-0.2, -0.15) is 0 Å². The fourth-order valence-electron chi connectivity index (χ4n) is 3.61. The first-order valence-electron chi connectivity index (χ1n) is 9.27. The summed E-state index contributed by atoms with van der Waals surface area (Å²) < 4.78 is 0. The molecule has 2 heteroatoms. The lowest BCUT2D eigenvalue weighted by atomic mass is 9.83. The quantitative estimate of drug-likeness (QED) is 0.339. The lowest BCUT2D eigenvalue weighted by Gasteiger charge is -2.22. The highest BCUT2D eigenvalue weighted by atomic mass is 14.8. The molecule has 0 fully saturated rings. The summed E-state index contributed by atoms with van der Waals surface area (Å²) in [5.41, 5.74) is 4.88. The molecule has 0 N–H and O–H groups in total. The average Bonchev–Trinajstić information content (AvgIpc) is 2.59. The van der Waals surface area contributed by atoms with E-state index in [9.17, 15) is 0 Å². The molecule has 3 aromatic carbocycles. The monoisotopic (exact) mass is 342 g/mol. The molecule has 0 aliphatic carbocycles. The number of hydrogen-bond donors (Lipinski definition) is 0. The molecule has 0 saturated carbocycles. The van der Waals surface area contributed by atoms with E-state index in [1.165, 1.54) is 32.7 Å². The second-order valence-electron chi connectivity index (χ2n) is 9.27. The first kappa shape index (κ1) is 17.0. The molecule has 0 saturated heterocycles. The van der Waals surface area contributed by atoms with Crippen LogP contribution in [0.4, 0.5) is 0 Å². The lowest BCUT2D eigenvalue weighted by Crippen LogP contribution is -2.11. The molecule has 132 valence electrons. The molecule has 2 nitrogen and oxygen atoms in total. The van der Waals surface area contributed by atoms with Gasteiger partial charge in [-0.3, -0.25) is 9.97 Å². The Labute approximate surface area is 155 Å². The van der Waals surface area contributed by atoms with Gasteiger partial charge >= 0.3 is 0 Å². The molecule has 0 spiro atoms. The van der Waals surface area contributed by atoms with Crippen LogP contribution in [-0.4, -0.2) is 9.97 Å². The SMILES string of the molecule is CC(C)(C)c1ccc2c(c1)c1cc(C(C)(C)C)ccc1c1nccnc21. The summed E-state index contributed by atoms with van der Waals surface area (Å²) in [5.74, 6) is 0. The standard InChI is InChI=1S/C24H26N2/c1-23(2,3)15-7-9-17-19(13-15)20-14-16(24(4,5)6)8-10-18(20)22-21(17)25-11-12-26-22/h7-14H,1-6H3. The van der Waals surface area contributed by atoms with E-state index in [-0.39, 0.29) is 10.8 Å². The van der Waals surface area contributed by atoms with Crippen molar-refractivity contribution in [1.29, 1.82) is 0 Å². The van der Waals surface area contributed by atoms with Gasteiger partial charge in [0.05, 0.1) is 11.0 Å². The Hall–Kier alpha value is -2.48. The molecule has 0 aliphatic heterocycles. The van der Waals surface area contributed by atoms with Crippen LogP contribution in [0.25, 0.3) is 32.6 Å². The van der Waals surface area contributed by atoms with E-state index in [1.54, 1.807) is 12.4 Å². The summed E-state index contributed by atoms with van der Waals surface area (Å²) in [4.78, 5) is 9.32. The summed E-state index contributed by atoms with van der Waals surface area (Å²) >= 11 is 0. The minimum Gasteiger partial charge on any atom is -0.252 e. The molecule has 1 aromatic heterocycles. The summed E-state index contributed by atoms with van der Waals surface area (Å²) in [7, 11) is 0. The molecule has 0 bridgehead atoms. The normalized spacial score (nSPS) is 13.0. The van der Waals surface area contributed by atoms with Crippen molar-refractivity contribution in [1.82, 2.24) is 9.97 Å². The molecule has 4 aromatic rings. The van der Waals surface area contributed by atoms with E-state index >= 15 is 0 Å². The minimum absolute atomic E-state index is 0.111. The van der Waals surface area contributed by atoms with Crippen molar-refractivity contribution in [2.45, 2.75) is 52.4 Å². The van der Waals surface area contributed by atoms with Crippen LogP contribution in [-0.2, 0) is 10.8 Å². The van der Waals surface area contributed by atoms with Gasteiger partial charge in [-0.1, -0.05) is 65.8 Å². The zero-order valence-electron chi connectivity index (χ0n) is 16.5. The third kappa shape index (κ3) is 2.65. The van der Waals surface area contributed by atoms with E-state index < -0.39 is 0 Å². The Morgan fingerprint density at radius 1 is 0.538 bits per heavy atom. The molecule has 26 heavy (non-hydrogen) atoms. The van der Waals surface area contributed by atoms with Crippen LogP contribution in [0.5, 0.6) is 0 Å². The van der Waals surface area contributed by atoms with Gasteiger partial charge in [-0.25, -0.2) is 0 Å². The van der Waals surface area contributed by atoms with E-state index in [2.05, 4.69) is 87.9 Å². The van der Waals surface area contributed by atoms with Crippen LogP contribution in [0.15, 0.2) is 48.8 Å². The van der Waals surface area contributed by atoms with Crippen molar-refractivity contribution in [3.8, 4) is 0 Å². The average molecular weight is 342 g/mol. The fraction of sp³-hybridized carbons (Fsp3) is 0.333. The number of rotatable bonds is 0. The number of benzene rings is 3. The highest BCUT2D eigenvalue weighted by Crippen LogP contribution is 2.37. The molecule has 4 rings (SSSR count). The third-order valence-corrected chi connectivity index (χ3v) is 5.27. The van der Waals surface area contributed by atoms with Gasteiger partial charge in [0.25, 0.3) is 0 Å². The van der Waals surface area contributed by atoms with Crippen LogP contribution in [0.2, 0.25) is 0 Å². The Morgan fingerprint density at radius 3 is 1.27 bits per heavy atom. The molecule has 0 aliphatic rings. The maximum Gasteiger partial charge on any atom is 0.0971 e. The van der Waals surface area contributed by atoms with Crippen molar-refractivity contribution < 1.29 is 0 Å². The predicted molar refractivity (Wildman–Crippen MR) is 112 cm³/mol. The molecule has 0 amide bonds. The summed E-state index contributed by atoms with van der Waals surface area (Å²) in [6.45, 7) is 13.6. The van der Waals surface area contributed by atoms with E-state index in [1.807, 2.05) is 0 Å². The number of aromatic nitrogens is 2. The Balaban J connectivity index is 2.23. The van der Waals surface area contributed by atoms with Gasteiger partial charge in [0.1, 0.15) is 0 Å². The summed E-state index contributed by atoms with van der Waals surface area (Å²) in [5, 5.41) is 4.90. The molecule has 0 atom stereocenters. The highest BCUT2D eigenvalue weighted by Gasteiger charge is 2.19. The second kappa shape index (κ2) is 5.51. The van der Waals surface area contributed by atoms with Crippen LogP contribution >= 0.6 is 0 Å². The summed E-state index contributed by atoms with van der Waals surface area (Å²) in [6, 6.07) is 13.6. The van der Waals surface area contributed by atoms with E-state index in [0.717, 1.165) is 11.0 Å². The lowest BCUT2D eigenvalue weighted by molar-refractivity contribution is 0.590. The van der Waals surface area contributed by atoms with E-state index in [4.69, 9.17) is 0 Å². The van der Waals surface area contributed by atoms with Crippen LogP contribution < -0.4 is 0 Å². The molecular weight excluding hydrogens is 316 g/mol. The van der Waals surface area contributed by atoms with Crippen molar-refractivity contribution in [2.24, 2.45) is 0 Å². The van der Waals surface area contributed by atoms with Crippen molar-refractivity contribution in [2.75, 3.05) is 0 Å². The Bertz CT molecular complexity index is 1050. The van der Waals surface area contributed by atoms with Crippen LogP contribution in [0.3, 0.4) is 0 Å². The Kier molecular flexibility index (Phi) is 3.59. The number of fused-ring (bicyclic) bond motifs is 6. The highest BCUT2D eigenvalue weighted by molar-refractivity contribution is 6.23. The van der Waals surface area contributed by atoms with Gasteiger partial charge < -0.3 is 0 Å². The molecule has 1 heterocycles. The van der Waals surface area contributed by atoms with E-state index in [0.29, 0.717) is 0 Å². The van der Waals surface area contributed by atoms with Crippen molar-refractivity contribution in [3.63, 3.8) is 0 Å². The van der Waals surface area contributed by atoms with Gasteiger partial charge in [-0.15, -0.1) is 0 Å². The zero-order chi connectivity index (χ0) is 18.7. The topological polar surface area (TPSA) is 25.8 Å². The maximum absolute atomic E-state index is 4.66. The molecule has 0 unspecified atom stereocenters. The molecule has 0 radical (unpaired) electrons. The number of nitrogens with zero attached hydrogens (tertiary/aromatic N) is 2. The first-order chi connectivity index (χ1) is 12.2. The number of hydrogen-bond acceptors (Lipinski definition) is 2. The zero-order valence-corrected chi connectivity index (χ0v) is 16.5. The van der Waals surface area contributed by atoms with Gasteiger partial charge in [0.2, 0.25) is 0 Å². The smallest absolute Gasteiger partial charge is 0.0971 e. The maximum atomic E-state index is 4.66. The first-order valence-corrected chi connectivity index (χ1v) is 9.27. The molecular formula is C24H26N2. The van der Waals surface area contributed by atoms with Crippen molar-refractivity contribution >= 4 is 32.6 Å². The van der Waals surface area contributed by atoms with Crippen LogP contribution in [0.1, 0.15) is 52.7 Å². The fourth-order valence-corrected chi connectivity index (χ4v) is 3.61. The Morgan fingerprint density at radius 2 is 0.923 bits per heavy atom. The summed E-state index contributed by atoms with van der Waals surface area (Å²) in [6.07, 6.45) is 3.57. The second-order valence-corrected chi connectivity index (χ2v) is 9.27. The minimum atomic E-state index is 0.111. The van der Waals surface area contributed by atoms with Gasteiger partial charge in [-0.05, 0) is 44.9 Å². The van der Waals surface area contributed by atoms with Gasteiger partial charge in [0.15, 0.2) is 0 Å². The third-order valence-electron chi connectivity index (χ3n) is 5.27. The van der Waals surface area contributed by atoms with Crippen LogP contribution in [0, 0.1) is 0 Å². The van der Waals surface area contributed by atoms with Crippen molar-refractivity contribution in [3.05, 3.63) is 59.9 Å². The van der Waals surface area contributed by atoms with Gasteiger partial charge in [0, 0.05) is 23.2 Å². The predicted octanol–water partition coefficient (Wildman–Crippen LogP) is 6.53.